The van der Waals surface area contributed by atoms with Crippen LogP contribution in [0.3, 0.4) is 0 Å². The number of ether oxygens (including phenoxy) is 13. The van der Waals surface area contributed by atoms with E-state index in [-0.39, 0.29) is 84.0 Å². The summed E-state index contributed by atoms with van der Waals surface area (Å²) in [4.78, 5) is 84.2. The third-order valence-corrected chi connectivity index (χ3v) is 17.1. The molecule has 24 nitrogen and oxygen atoms in total. The number of fused-ring (bicyclic) bond motifs is 1. The summed E-state index contributed by atoms with van der Waals surface area (Å²) in [6, 6.07) is 16.1. The van der Waals surface area contributed by atoms with Crippen molar-refractivity contribution < 1.29 is 98.3 Å². The molecule has 4 atom stereocenters. The highest BCUT2D eigenvalue weighted by molar-refractivity contribution is 5.91. The van der Waals surface area contributed by atoms with Gasteiger partial charge in [-0.1, -0.05) is 19.1 Å². The van der Waals surface area contributed by atoms with Crippen molar-refractivity contribution in [2.24, 2.45) is 17.8 Å². The van der Waals surface area contributed by atoms with Crippen molar-refractivity contribution in [3.05, 3.63) is 124 Å². The van der Waals surface area contributed by atoms with E-state index in [2.05, 4.69) is 9.97 Å². The van der Waals surface area contributed by atoms with Gasteiger partial charge < -0.3 is 71.4 Å². The third-order valence-electron chi connectivity index (χ3n) is 17.1. The number of benzene rings is 2. The number of carbonyl (C=O) groups is 4. The van der Waals surface area contributed by atoms with E-state index in [0.717, 1.165) is 5.56 Å². The highest BCUT2D eigenvalue weighted by atomic mass is 19.4. The van der Waals surface area contributed by atoms with Crippen molar-refractivity contribution in [3.8, 4) is 11.4 Å². The van der Waals surface area contributed by atoms with Gasteiger partial charge in [0.1, 0.15) is 29.0 Å². The molecule has 7 rings (SSSR count). The molecule has 100 heavy (non-hydrogen) atoms. The zero-order valence-electron chi connectivity index (χ0n) is 57.8. The summed E-state index contributed by atoms with van der Waals surface area (Å²) in [6.07, 6.45) is 2.22. The molecule has 2 aliphatic rings. The van der Waals surface area contributed by atoms with E-state index in [4.69, 9.17) is 66.6 Å². The fraction of sp³-hybridized carbons (Fsp3) is 0.611. The molecule has 2 amide bonds. The molecule has 0 saturated carbocycles. The summed E-state index contributed by atoms with van der Waals surface area (Å²) in [5.74, 6) is -3.10. The van der Waals surface area contributed by atoms with Gasteiger partial charge in [-0.05, 0) is 104 Å². The summed E-state index contributed by atoms with van der Waals surface area (Å²) in [6.45, 7) is 14.6. The Morgan fingerprint density at radius 2 is 1.14 bits per heavy atom. The van der Waals surface area contributed by atoms with Gasteiger partial charge in [-0.15, -0.1) is 0 Å². The van der Waals surface area contributed by atoms with Crippen LogP contribution in [0.15, 0.2) is 90.1 Å². The van der Waals surface area contributed by atoms with Crippen LogP contribution < -0.4 is 10.3 Å². The minimum atomic E-state index is -4.97. The molecule has 5 aromatic rings. The first-order valence-electron chi connectivity index (χ1n) is 34.5. The average molecular weight is 1410 g/mol. The number of pyridine rings is 2. The van der Waals surface area contributed by atoms with Crippen LogP contribution in [0.1, 0.15) is 93.3 Å². The summed E-state index contributed by atoms with van der Waals surface area (Å²) in [5, 5.41) is 0.252. The molecule has 0 N–H and O–H groups in total. The van der Waals surface area contributed by atoms with Crippen LogP contribution in [0.4, 0.5) is 17.6 Å². The minimum Gasteiger partial charge on any atom is -0.494 e. The van der Waals surface area contributed by atoms with Crippen molar-refractivity contribution in [2.45, 2.75) is 83.4 Å². The first kappa shape index (κ1) is 80.5. The Morgan fingerprint density at radius 1 is 0.630 bits per heavy atom. The molecule has 0 spiro atoms. The standard InChI is InChI=1S/C72H98F4N6O18/c1-4-100-58-14-12-57(13-15-58)82-70(79-69-59(71(82)87)9-6-21-78-69)53(2)60(65(84)50-55-11-16-63(73)62(49-55)72(74,75)76)48-54-17-22-81(23-18-54)66(85)19-25-89-27-29-91-31-33-93-35-37-95-39-41-97-43-45-99-47-46-98-44-42-96-40-38-94-36-34-92-32-30-90-28-26-88-24-7-10-64(83)61-51-67(86)80(3)68(61)56-8-5-20-77-52-56/h5-6,8-9,11-16,20-21,49,52-54,60-61,68H,4,7,10,17-19,22-48,50-51H2,1-3H3/t53?,60?,61-,68-/m1/s1. The molecular formula is C72H98F4N6O18. The second kappa shape index (κ2) is 45.2. The Hall–Kier alpha value is -6.80. The number of aromatic nitrogens is 4. The molecule has 0 radical (unpaired) electrons. The molecule has 5 heterocycles. The smallest absolute Gasteiger partial charge is 0.419 e. The number of carbonyl (C=O) groups excluding carboxylic acids is 4. The monoisotopic (exact) mass is 1410 g/mol. The average Bonchev–Trinajstić information content (AvgIpc) is 0.870. The number of halogens is 4. The number of piperidine rings is 1. The zero-order chi connectivity index (χ0) is 71.2. The molecule has 2 unspecified atom stereocenters. The van der Waals surface area contributed by atoms with Gasteiger partial charge >= 0.3 is 6.18 Å². The van der Waals surface area contributed by atoms with Crippen LogP contribution >= 0.6 is 0 Å². The largest absolute Gasteiger partial charge is 0.494 e. The summed E-state index contributed by atoms with van der Waals surface area (Å²) < 4.78 is 130. The van der Waals surface area contributed by atoms with Gasteiger partial charge in [0.15, 0.2) is 5.65 Å². The zero-order valence-corrected chi connectivity index (χ0v) is 57.8. The van der Waals surface area contributed by atoms with E-state index in [1.165, 1.54) is 16.8 Å². The number of hydrogen-bond donors (Lipinski definition) is 0. The number of amides is 2. The summed E-state index contributed by atoms with van der Waals surface area (Å²) >= 11 is 0. The lowest BCUT2D eigenvalue weighted by molar-refractivity contribution is -0.140. The Kier molecular flexibility index (Phi) is 36.4. The lowest BCUT2D eigenvalue weighted by atomic mass is 9.77. The number of nitrogens with zero attached hydrogens (tertiary/aromatic N) is 6. The Bertz CT molecular complexity index is 3260. The molecule has 3 aromatic heterocycles. The second-order valence-electron chi connectivity index (χ2n) is 24.0. The molecule has 2 aliphatic heterocycles. The number of alkyl halides is 3. The quantitative estimate of drug-likeness (QED) is 0.0263. The lowest BCUT2D eigenvalue weighted by Crippen LogP contribution is -2.40. The normalized spacial score (nSPS) is 15.8. The Balaban J connectivity index is 0.625. The van der Waals surface area contributed by atoms with E-state index in [1.807, 2.05) is 19.1 Å². The van der Waals surface area contributed by atoms with E-state index < -0.39 is 47.2 Å². The highest BCUT2D eigenvalue weighted by Gasteiger charge is 2.42. The lowest BCUT2D eigenvalue weighted by Gasteiger charge is -2.35. The fourth-order valence-electron chi connectivity index (χ4n) is 11.8. The van der Waals surface area contributed by atoms with Gasteiger partial charge in [-0.3, -0.25) is 33.5 Å². The van der Waals surface area contributed by atoms with Gasteiger partial charge in [-0.2, -0.15) is 13.2 Å². The maximum absolute atomic E-state index is 14.5. The molecular weight excluding hydrogens is 1310 g/mol. The summed E-state index contributed by atoms with van der Waals surface area (Å²) in [7, 11) is 1.74. The van der Waals surface area contributed by atoms with Crippen molar-refractivity contribution in [1.82, 2.24) is 29.3 Å². The van der Waals surface area contributed by atoms with Gasteiger partial charge in [0.2, 0.25) is 11.8 Å². The first-order valence-corrected chi connectivity index (χ1v) is 34.5. The maximum Gasteiger partial charge on any atom is 0.419 e. The minimum absolute atomic E-state index is 0.00124. The number of rotatable bonds is 52. The van der Waals surface area contributed by atoms with Crippen molar-refractivity contribution in [3.63, 3.8) is 0 Å². The number of Topliss-reactive ketones (excluding diaryl/α,β-unsaturated/α-hetero) is 2. The second-order valence-corrected chi connectivity index (χ2v) is 24.0. The number of ketones is 2. The Labute approximate surface area is 581 Å². The maximum atomic E-state index is 14.5. The molecule has 0 bridgehead atoms. The summed E-state index contributed by atoms with van der Waals surface area (Å²) in [5.41, 5.74) is -0.371. The van der Waals surface area contributed by atoms with Crippen LogP contribution in [0.5, 0.6) is 5.75 Å². The van der Waals surface area contributed by atoms with Gasteiger partial charge in [0, 0.05) is 76.4 Å². The van der Waals surface area contributed by atoms with E-state index in [9.17, 15) is 41.5 Å². The van der Waals surface area contributed by atoms with Crippen LogP contribution in [-0.2, 0) is 88.6 Å². The van der Waals surface area contributed by atoms with Crippen LogP contribution in [-0.4, -0.2) is 238 Å². The molecule has 2 saturated heterocycles. The predicted molar refractivity (Wildman–Crippen MR) is 359 cm³/mol. The van der Waals surface area contributed by atoms with Crippen LogP contribution in [0.25, 0.3) is 16.7 Å². The molecule has 2 fully saturated rings. The first-order chi connectivity index (χ1) is 48.6. The topological polar surface area (TPSA) is 255 Å². The number of likely N-dealkylation sites (tertiary alicyclic amines) is 2. The molecule has 28 heteroatoms. The van der Waals surface area contributed by atoms with Crippen molar-refractivity contribution in [1.29, 1.82) is 0 Å². The van der Waals surface area contributed by atoms with Crippen molar-refractivity contribution in [2.75, 3.05) is 185 Å². The van der Waals surface area contributed by atoms with E-state index in [1.54, 1.807) is 72.6 Å². The fourth-order valence-corrected chi connectivity index (χ4v) is 11.8. The van der Waals surface area contributed by atoms with Crippen LogP contribution in [0, 0.1) is 23.6 Å². The van der Waals surface area contributed by atoms with Gasteiger partial charge in [0.25, 0.3) is 5.56 Å². The molecule has 0 aliphatic carbocycles. The molecule has 2 aromatic carbocycles. The SMILES string of the molecule is CCOc1ccc(-n2c(C(C)C(CC3CCN(C(=O)CCOCCOCCOCCOCCOCCOCCOCCOCCOCCOCCOCCOCCCC(=O)[C@H]4CC(=O)N(C)[C@@H]4c4cccnc4)CC3)C(=O)Cc3ccc(F)c(C(F)(F)F)c3)nc3ncccc3c2=O)cc1. The van der Waals surface area contributed by atoms with Gasteiger partial charge in [0.05, 0.1) is 194 Å². The van der Waals surface area contributed by atoms with Crippen molar-refractivity contribution >= 4 is 34.4 Å². The van der Waals surface area contributed by atoms with E-state index in [0.29, 0.717) is 221 Å². The van der Waals surface area contributed by atoms with Crippen LogP contribution in [0.2, 0.25) is 0 Å². The molecule has 552 valence electrons. The van der Waals surface area contributed by atoms with Gasteiger partial charge in [-0.25, -0.2) is 14.4 Å². The number of hydrogen-bond acceptors (Lipinski definition) is 21. The Morgan fingerprint density at radius 3 is 1.64 bits per heavy atom. The predicted octanol–water partition coefficient (Wildman–Crippen LogP) is 8.05. The highest BCUT2D eigenvalue weighted by Crippen LogP contribution is 2.39. The third kappa shape index (κ3) is 27.5. The van der Waals surface area contributed by atoms with E-state index >= 15 is 0 Å².